The van der Waals surface area contributed by atoms with Crippen molar-refractivity contribution in [3.05, 3.63) is 41.7 Å². The normalized spacial score (nSPS) is 21.7. The second-order valence-electron chi connectivity index (χ2n) is 8.33. The molecule has 2 atom stereocenters. The van der Waals surface area contributed by atoms with Gasteiger partial charge in [0.1, 0.15) is 16.5 Å². The molecule has 2 saturated heterocycles. The molecule has 0 aliphatic carbocycles. The molecule has 0 bridgehead atoms. The average molecular weight is 443 g/mol. The van der Waals surface area contributed by atoms with Gasteiger partial charge in [0.25, 0.3) is 0 Å². The van der Waals surface area contributed by atoms with E-state index >= 15 is 0 Å². The van der Waals surface area contributed by atoms with Gasteiger partial charge < -0.3 is 9.64 Å². The Kier molecular flexibility index (Phi) is 4.86. The van der Waals surface area contributed by atoms with E-state index in [4.69, 9.17) is 9.84 Å². The van der Waals surface area contributed by atoms with Gasteiger partial charge in [0.15, 0.2) is 11.5 Å². The molecule has 0 amide bonds. The summed E-state index contributed by atoms with van der Waals surface area (Å²) >= 11 is 0. The summed E-state index contributed by atoms with van der Waals surface area (Å²) in [5.41, 5.74) is 1.64. The largest absolute Gasteiger partial charge is 0.495 e. The van der Waals surface area contributed by atoms with Crippen molar-refractivity contribution in [3.63, 3.8) is 0 Å². The Morgan fingerprint density at radius 3 is 2.48 bits per heavy atom. The molecule has 164 valence electrons. The molecule has 0 N–H and O–H groups in total. The summed E-state index contributed by atoms with van der Waals surface area (Å²) in [7, 11) is -2.10. The second-order valence-corrected chi connectivity index (χ2v) is 10.2. The molecule has 10 heteroatoms. The molecule has 31 heavy (non-hydrogen) atoms. The van der Waals surface area contributed by atoms with Gasteiger partial charge in [-0.1, -0.05) is 13.0 Å². The lowest BCUT2D eigenvalue weighted by molar-refractivity contribution is 0.396. The minimum absolute atomic E-state index is 0.249. The number of benzene rings is 1. The van der Waals surface area contributed by atoms with Crippen LogP contribution < -0.4 is 9.64 Å². The quantitative estimate of drug-likeness (QED) is 0.594. The maximum atomic E-state index is 13.3. The summed E-state index contributed by atoms with van der Waals surface area (Å²) < 4.78 is 35.4. The number of hydrogen-bond donors (Lipinski definition) is 0. The fraction of sp³-hybridized carbons (Fsp3) is 0.476. The lowest BCUT2D eigenvalue weighted by Gasteiger charge is -2.23. The lowest BCUT2D eigenvalue weighted by atomic mass is 10.0. The predicted molar refractivity (Wildman–Crippen MR) is 116 cm³/mol. The van der Waals surface area contributed by atoms with Crippen molar-refractivity contribution in [2.75, 3.05) is 38.2 Å². The molecule has 3 aromatic rings. The molecular formula is C21H26N6O3S. The number of hydrogen-bond acceptors (Lipinski definition) is 7. The smallest absolute Gasteiger partial charge is 0.246 e. The summed E-state index contributed by atoms with van der Waals surface area (Å²) in [6, 6.07) is 9.17. The third-order valence-electron chi connectivity index (χ3n) is 6.34. The first-order chi connectivity index (χ1) is 14.9. The number of sulfonamides is 1. The standard InChI is InChI=1S/C21H26N6O3S/c1-4-19-22-23-20-7-8-21(24-27(19)20)25-10-15-12-26(13-16(15)11-25)31(28,29)18-9-14(2)5-6-17(18)30-3/h5-9,15-16H,4,10-13H2,1-3H3. The number of aryl methyl sites for hydroxylation is 2. The monoisotopic (exact) mass is 442 g/mol. The van der Waals surface area contributed by atoms with Crippen LogP contribution in [-0.4, -0.2) is 65.8 Å². The van der Waals surface area contributed by atoms with Crippen LogP contribution >= 0.6 is 0 Å². The van der Waals surface area contributed by atoms with E-state index in [9.17, 15) is 8.42 Å². The number of ether oxygens (including phenoxy) is 1. The van der Waals surface area contributed by atoms with E-state index in [-0.39, 0.29) is 16.7 Å². The highest BCUT2D eigenvalue weighted by Gasteiger charge is 2.45. The zero-order valence-corrected chi connectivity index (χ0v) is 18.7. The van der Waals surface area contributed by atoms with E-state index in [0.29, 0.717) is 18.8 Å². The first kappa shape index (κ1) is 20.2. The number of nitrogens with zero attached hydrogens (tertiary/aromatic N) is 6. The van der Waals surface area contributed by atoms with E-state index in [0.717, 1.165) is 42.4 Å². The maximum Gasteiger partial charge on any atom is 0.246 e. The third-order valence-corrected chi connectivity index (χ3v) is 8.20. The number of methoxy groups -OCH3 is 1. The number of fused-ring (bicyclic) bond motifs is 2. The Balaban J connectivity index is 1.35. The van der Waals surface area contributed by atoms with Gasteiger partial charge in [-0.15, -0.1) is 15.3 Å². The summed E-state index contributed by atoms with van der Waals surface area (Å²) in [6.45, 7) is 6.50. The minimum atomic E-state index is -3.60. The fourth-order valence-corrected chi connectivity index (χ4v) is 6.46. The van der Waals surface area contributed by atoms with Gasteiger partial charge in [-0.2, -0.15) is 8.82 Å². The Morgan fingerprint density at radius 2 is 1.81 bits per heavy atom. The van der Waals surface area contributed by atoms with Crippen LogP contribution in [-0.2, 0) is 16.4 Å². The van der Waals surface area contributed by atoms with E-state index in [1.165, 1.54) is 7.11 Å². The highest BCUT2D eigenvalue weighted by Crippen LogP contribution is 2.37. The molecule has 4 heterocycles. The Labute approximate surface area is 181 Å². The molecule has 5 rings (SSSR count). The van der Waals surface area contributed by atoms with Crippen molar-refractivity contribution in [3.8, 4) is 5.75 Å². The van der Waals surface area contributed by atoms with Crippen LogP contribution in [0.3, 0.4) is 0 Å². The van der Waals surface area contributed by atoms with Crippen molar-refractivity contribution >= 4 is 21.5 Å². The minimum Gasteiger partial charge on any atom is -0.495 e. The zero-order valence-electron chi connectivity index (χ0n) is 17.9. The molecular weight excluding hydrogens is 416 g/mol. The second kappa shape index (κ2) is 7.45. The van der Waals surface area contributed by atoms with Gasteiger partial charge in [0.2, 0.25) is 10.0 Å². The first-order valence-electron chi connectivity index (χ1n) is 10.5. The molecule has 1 aromatic carbocycles. The lowest BCUT2D eigenvalue weighted by Crippen LogP contribution is -2.34. The van der Waals surface area contributed by atoms with Gasteiger partial charge in [-0.3, -0.25) is 0 Å². The fourth-order valence-electron chi connectivity index (χ4n) is 4.67. The van der Waals surface area contributed by atoms with Crippen molar-refractivity contribution in [1.82, 2.24) is 24.1 Å². The number of anilines is 1. The molecule has 0 radical (unpaired) electrons. The Bertz CT molecular complexity index is 1230. The van der Waals surface area contributed by atoms with Crippen LogP contribution in [0.2, 0.25) is 0 Å². The zero-order chi connectivity index (χ0) is 21.8. The predicted octanol–water partition coefficient (Wildman–Crippen LogP) is 1.76. The van der Waals surface area contributed by atoms with Crippen LogP contribution in [0.5, 0.6) is 5.75 Å². The van der Waals surface area contributed by atoms with Crippen LogP contribution in [0.4, 0.5) is 5.82 Å². The van der Waals surface area contributed by atoms with E-state index in [1.54, 1.807) is 21.0 Å². The molecule has 2 aliphatic rings. The molecule has 2 aromatic heterocycles. The first-order valence-corrected chi connectivity index (χ1v) is 12.0. The SMILES string of the molecule is CCc1nnc2ccc(N3CC4CN(S(=O)(=O)c5cc(C)ccc5OC)CC4C3)nn12. The van der Waals surface area contributed by atoms with Gasteiger partial charge in [0, 0.05) is 32.6 Å². The molecule has 2 aliphatic heterocycles. The third kappa shape index (κ3) is 3.34. The summed E-state index contributed by atoms with van der Waals surface area (Å²) in [4.78, 5) is 2.49. The highest BCUT2D eigenvalue weighted by molar-refractivity contribution is 7.89. The molecule has 2 unspecified atom stereocenters. The molecule has 0 saturated carbocycles. The van der Waals surface area contributed by atoms with Gasteiger partial charge in [-0.05, 0) is 48.6 Å². The Morgan fingerprint density at radius 1 is 1.06 bits per heavy atom. The highest BCUT2D eigenvalue weighted by atomic mass is 32.2. The maximum absolute atomic E-state index is 13.3. The topological polar surface area (TPSA) is 92.9 Å². The van der Waals surface area contributed by atoms with Crippen LogP contribution in [0, 0.1) is 18.8 Å². The molecule has 2 fully saturated rings. The van der Waals surface area contributed by atoms with E-state index in [2.05, 4.69) is 15.1 Å². The van der Waals surface area contributed by atoms with Crippen molar-refractivity contribution in [2.24, 2.45) is 11.8 Å². The van der Waals surface area contributed by atoms with Crippen molar-refractivity contribution < 1.29 is 13.2 Å². The summed E-state index contributed by atoms with van der Waals surface area (Å²) in [5.74, 6) is 2.65. The number of rotatable bonds is 5. The molecule has 0 spiro atoms. The van der Waals surface area contributed by atoms with Gasteiger partial charge in [0.05, 0.1) is 7.11 Å². The Hall–Kier alpha value is -2.72. The van der Waals surface area contributed by atoms with Crippen LogP contribution in [0.25, 0.3) is 5.65 Å². The van der Waals surface area contributed by atoms with Crippen molar-refractivity contribution in [2.45, 2.75) is 25.2 Å². The molecule has 9 nitrogen and oxygen atoms in total. The van der Waals surface area contributed by atoms with Gasteiger partial charge in [-0.25, -0.2) is 8.42 Å². The van der Waals surface area contributed by atoms with Gasteiger partial charge >= 0.3 is 0 Å². The number of aromatic nitrogens is 4. The summed E-state index contributed by atoms with van der Waals surface area (Å²) in [5, 5.41) is 13.1. The van der Waals surface area contributed by atoms with E-state index < -0.39 is 10.0 Å². The van der Waals surface area contributed by atoms with Crippen LogP contribution in [0.15, 0.2) is 35.2 Å². The average Bonchev–Trinajstić information content (AvgIpc) is 3.46. The summed E-state index contributed by atoms with van der Waals surface area (Å²) in [6.07, 6.45) is 0.762. The van der Waals surface area contributed by atoms with Crippen LogP contribution in [0.1, 0.15) is 18.3 Å². The van der Waals surface area contributed by atoms with Crippen molar-refractivity contribution in [1.29, 1.82) is 0 Å². The van der Waals surface area contributed by atoms with E-state index in [1.807, 2.05) is 32.0 Å².